The highest BCUT2D eigenvalue weighted by Crippen LogP contribution is 2.61. The van der Waals surface area contributed by atoms with Crippen molar-refractivity contribution in [3.63, 3.8) is 0 Å². The molecule has 0 aromatic carbocycles. The number of hydrogen-bond acceptors (Lipinski definition) is 1. The van der Waals surface area contributed by atoms with Crippen LogP contribution in [0.15, 0.2) is 22.8 Å². The molecule has 124 valence electrons. The molecule has 1 heteroatoms. The highest BCUT2D eigenvalue weighted by Gasteiger charge is 2.52. The zero-order valence-electron chi connectivity index (χ0n) is 14.7. The van der Waals surface area contributed by atoms with Crippen LogP contribution < -0.4 is 0 Å². The Labute approximate surface area is 141 Å². The van der Waals surface area contributed by atoms with Crippen molar-refractivity contribution in [2.45, 2.75) is 77.7 Å². The second-order valence-corrected chi connectivity index (χ2v) is 8.41. The number of fused-ring (bicyclic) bond motifs is 4. The van der Waals surface area contributed by atoms with Crippen LogP contribution in [0.1, 0.15) is 71.6 Å². The standard InChI is InChI=1S/C22H30O/c1-3-4-5-16-7-11-21-20-9-6-15-14-17(23)8-10-18(15)19(20)12-13-22(16,21)2/h7,17,19-21,23H,3,6,8-14H2,1-2H3. The highest BCUT2D eigenvalue weighted by atomic mass is 16.3. The third kappa shape index (κ3) is 2.42. The van der Waals surface area contributed by atoms with E-state index < -0.39 is 0 Å². The third-order valence-electron chi connectivity index (χ3n) is 7.33. The average molecular weight is 310 g/mol. The van der Waals surface area contributed by atoms with Crippen LogP contribution in [0.5, 0.6) is 0 Å². The molecule has 5 atom stereocenters. The third-order valence-corrected chi connectivity index (χ3v) is 7.33. The maximum atomic E-state index is 9.99. The summed E-state index contributed by atoms with van der Waals surface area (Å²) in [5.74, 6) is 9.30. The number of hydrogen-bond donors (Lipinski definition) is 1. The molecule has 0 aromatic heterocycles. The summed E-state index contributed by atoms with van der Waals surface area (Å²) in [5, 5.41) is 9.99. The Morgan fingerprint density at radius 1 is 1.26 bits per heavy atom. The van der Waals surface area contributed by atoms with Crippen LogP contribution in [0, 0.1) is 35.0 Å². The summed E-state index contributed by atoms with van der Waals surface area (Å²) in [6.45, 7) is 4.64. The highest BCUT2D eigenvalue weighted by molar-refractivity contribution is 5.41. The fraction of sp³-hybridized carbons (Fsp3) is 0.727. The molecule has 0 bridgehead atoms. The van der Waals surface area contributed by atoms with Gasteiger partial charge in [-0.3, -0.25) is 0 Å². The monoisotopic (exact) mass is 310 g/mol. The topological polar surface area (TPSA) is 20.2 Å². The lowest BCUT2D eigenvalue weighted by Crippen LogP contribution is -2.43. The molecular formula is C22H30O. The molecule has 0 spiro atoms. The first-order valence-corrected chi connectivity index (χ1v) is 9.72. The van der Waals surface area contributed by atoms with E-state index in [0.29, 0.717) is 5.41 Å². The lowest BCUT2D eigenvalue weighted by atomic mass is 9.53. The van der Waals surface area contributed by atoms with E-state index in [9.17, 15) is 5.11 Å². The van der Waals surface area contributed by atoms with E-state index in [-0.39, 0.29) is 6.10 Å². The Bertz CT molecular complexity index is 614. The van der Waals surface area contributed by atoms with Crippen LogP contribution in [0.25, 0.3) is 0 Å². The average Bonchev–Trinajstić information content (AvgIpc) is 2.89. The van der Waals surface area contributed by atoms with E-state index in [4.69, 9.17) is 0 Å². The molecule has 0 aromatic rings. The van der Waals surface area contributed by atoms with Gasteiger partial charge in [-0.1, -0.05) is 42.9 Å². The SMILES string of the molecule is CCC#CC1=CCC2C3CCC4=C(CCC(O)C4)C3CCC12C. The van der Waals surface area contributed by atoms with Gasteiger partial charge in [0.15, 0.2) is 0 Å². The van der Waals surface area contributed by atoms with Gasteiger partial charge in [-0.2, -0.15) is 0 Å². The number of rotatable bonds is 0. The predicted molar refractivity (Wildman–Crippen MR) is 94.7 cm³/mol. The quantitative estimate of drug-likeness (QED) is 0.492. The molecule has 0 aliphatic heterocycles. The summed E-state index contributed by atoms with van der Waals surface area (Å²) in [6.07, 6.45) is 13.0. The van der Waals surface area contributed by atoms with Gasteiger partial charge in [-0.25, -0.2) is 0 Å². The Morgan fingerprint density at radius 3 is 2.96 bits per heavy atom. The number of aliphatic hydroxyl groups is 1. The van der Waals surface area contributed by atoms with Gasteiger partial charge in [0, 0.05) is 17.4 Å². The minimum absolute atomic E-state index is 0.0665. The molecule has 0 radical (unpaired) electrons. The molecule has 1 fully saturated rings. The molecule has 0 heterocycles. The van der Waals surface area contributed by atoms with Crippen molar-refractivity contribution in [2.75, 3.05) is 0 Å². The van der Waals surface area contributed by atoms with Gasteiger partial charge < -0.3 is 5.11 Å². The first-order chi connectivity index (χ1) is 11.1. The molecule has 4 aliphatic rings. The molecule has 1 N–H and O–H groups in total. The van der Waals surface area contributed by atoms with Crippen molar-refractivity contribution in [1.29, 1.82) is 0 Å². The summed E-state index contributed by atoms with van der Waals surface area (Å²) in [6, 6.07) is 0. The molecule has 5 unspecified atom stereocenters. The molecule has 1 saturated carbocycles. The lowest BCUT2D eigenvalue weighted by molar-refractivity contribution is 0.0518. The van der Waals surface area contributed by atoms with Gasteiger partial charge in [0.2, 0.25) is 0 Å². The molecule has 23 heavy (non-hydrogen) atoms. The van der Waals surface area contributed by atoms with Crippen molar-refractivity contribution in [3.05, 3.63) is 22.8 Å². The summed E-state index contributed by atoms with van der Waals surface area (Å²) in [5.41, 5.74) is 5.18. The van der Waals surface area contributed by atoms with Crippen molar-refractivity contribution in [1.82, 2.24) is 0 Å². The van der Waals surface area contributed by atoms with Crippen molar-refractivity contribution < 1.29 is 5.11 Å². The van der Waals surface area contributed by atoms with Crippen molar-refractivity contribution in [3.8, 4) is 11.8 Å². The largest absolute Gasteiger partial charge is 0.393 e. The van der Waals surface area contributed by atoms with E-state index in [2.05, 4.69) is 31.8 Å². The van der Waals surface area contributed by atoms with Gasteiger partial charge in [0.05, 0.1) is 6.10 Å². The van der Waals surface area contributed by atoms with Gasteiger partial charge >= 0.3 is 0 Å². The van der Waals surface area contributed by atoms with E-state index in [0.717, 1.165) is 43.4 Å². The second-order valence-electron chi connectivity index (χ2n) is 8.41. The molecule has 4 aliphatic carbocycles. The lowest BCUT2D eigenvalue weighted by Gasteiger charge is -2.51. The normalized spacial score (nSPS) is 42.1. The maximum Gasteiger partial charge on any atom is 0.0580 e. The number of allylic oxidation sites excluding steroid dienone is 3. The van der Waals surface area contributed by atoms with Crippen LogP contribution in [0.2, 0.25) is 0 Å². The van der Waals surface area contributed by atoms with Crippen LogP contribution in [-0.4, -0.2) is 11.2 Å². The minimum Gasteiger partial charge on any atom is -0.393 e. The molecule has 0 saturated heterocycles. The van der Waals surface area contributed by atoms with Gasteiger partial charge in [0.1, 0.15) is 0 Å². The Balaban J connectivity index is 1.60. The number of aliphatic hydroxyl groups excluding tert-OH is 1. The smallest absolute Gasteiger partial charge is 0.0580 e. The van der Waals surface area contributed by atoms with Gasteiger partial charge in [-0.05, 0) is 69.1 Å². The predicted octanol–water partition coefficient (Wildman–Crippen LogP) is 5.01. The Hall–Kier alpha value is -1.00. The van der Waals surface area contributed by atoms with Crippen LogP contribution in [0.4, 0.5) is 0 Å². The van der Waals surface area contributed by atoms with Gasteiger partial charge in [0.25, 0.3) is 0 Å². The maximum absolute atomic E-state index is 9.99. The fourth-order valence-corrected chi connectivity index (χ4v) is 6.14. The molecule has 4 rings (SSSR count). The molecule has 1 nitrogen and oxygen atoms in total. The molecule has 0 amide bonds. The van der Waals surface area contributed by atoms with E-state index in [1.807, 2.05) is 0 Å². The summed E-state index contributed by atoms with van der Waals surface area (Å²) >= 11 is 0. The minimum atomic E-state index is -0.0665. The summed E-state index contributed by atoms with van der Waals surface area (Å²) in [4.78, 5) is 0. The summed E-state index contributed by atoms with van der Waals surface area (Å²) < 4.78 is 0. The Kier molecular flexibility index (Phi) is 3.93. The van der Waals surface area contributed by atoms with Crippen molar-refractivity contribution in [2.24, 2.45) is 23.2 Å². The van der Waals surface area contributed by atoms with Crippen LogP contribution in [0.3, 0.4) is 0 Å². The van der Waals surface area contributed by atoms with Gasteiger partial charge in [-0.15, -0.1) is 0 Å². The first-order valence-electron chi connectivity index (χ1n) is 9.72. The first kappa shape index (κ1) is 15.5. The van der Waals surface area contributed by atoms with Crippen LogP contribution in [-0.2, 0) is 0 Å². The molecular weight excluding hydrogens is 280 g/mol. The zero-order chi connectivity index (χ0) is 16.0. The van der Waals surface area contributed by atoms with Crippen molar-refractivity contribution >= 4 is 0 Å². The zero-order valence-corrected chi connectivity index (χ0v) is 14.7. The van der Waals surface area contributed by atoms with E-state index >= 15 is 0 Å². The van der Waals surface area contributed by atoms with E-state index in [1.54, 1.807) is 11.1 Å². The fourth-order valence-electron chi connectivity index (χ4n) is 6.14. The van der Waals surface area contributed by atoms with Crippen LogP contribution >= 0.6 is 0 Å². The Morgan fingerprint density at radius 2 is 2.13 bits per heavy atom. The summed E-state index contributed by atoms with van der Waals surface area (Å²) in [7, 11) is 0. The second kappa shape index (κ2) is 5.82. The van der Waals surface area contributed by atoms with E-state index in [1.165, 1.54) is 37.7 Å².